The van der Waals surface area contributed by atoms with Crippen molar-refractivity contribution in [2.24, 2.45) is 9.98 Å². The van der Waals surface area contributed by atoms with Crippen molar-refractivity contribution in [3.63, 3.8) is 0 Å². The van der Waals surface area contributed by atoms with Crippen LogP contribution in [0.5, 0.6) is 11.5 Å². The number of hydrogen-bond acceptors (Lipinski definition) is 4. The molecule has 4 aromatic carbocycles. The summed E-state index contributed by atoms with van der Waals surface area (Å²) in [6.07, 6.45) is 22.1. The van der Waals surface area contributed by atoms with E-state index in [4.69, 9.17) is 9.98 Å². The van der Waals surface area contributed by atoms with Crippen LogP contribution in [-0.4, -0.2) is 11.4 Å². The Labute approximate surface area is 351 Å². The Morgan fingerprint density at radius 2 is 0.929 bits per heavy atom. The van der Waals surface area contributed by atoms with Crippen molar-refractivity contribution in [3.8, 4) is 11.5 Å². The molecule has 0 fully saturated rings. The molecule has 0 unspecified atom stereocenters. The van der Waals surface area contributed by atoms with Crippen molar-refractivity contribution in [1.29, 1.82) is 0 Å². The molecule has 0 amide bonds. The molecular formula is C51H72N2NiO2. The number of nitrogens with zero attached hydrogens (tertiary/aromatic N) is 2. The molecule has 0 bridgehead atoms. The Morgan fingerprint density at radius 3 is 1.45 bits per heavy atom. The third kappa shape index (κ3) is 15.8. The third-order valence-corrected chi connectivity index (χ3v) is 10.8. The van der Waals surface area contributed by atoms with Crippen LogP contribution in [0.2, 0.25) is 0 Å². The Bertz CT molecular complexity index is 1810. The minimum atomic E-state index is -0.157. The summed E-state index contributed by atoms with van der Waals surface area (Å²) in [6, 6.07) is 20.7. The molecule has 0 aliphatic carbocycles. The van der Waals surface area contributed by atoms with Crippen LogP contribution in [0.4, 0.5) is 11.4 Å². The number of benzene rings is 4. The zero-order valence-corrected chi connectivity index (χ0v) is 37.2. The van der Waals surface area contributed by atoms with Crippen LogP contribution in [0, 0.1) is 6.92 Å². The van der Waals surface area contributed by atoms with Gasteiger partial charge in [-0.1, -0.05) is 148 Å². The molecule has 0 spiro atoms. The maximum absolute atomic E-state index is 12.0. The number of fused-ring (bicyclic) bond motifs is 1. The van der Waals surface area contributed by atoms with E-state index in [1.54, 1.807) is 6.07 Å². The maximum Gasteiger partial charge on any atom is 2.00 e. The van der Waals surface area contributed by atoms with E-state index < -0.39 is 0 Å². The average molecular weight is 804 g/mol. The van der Waals surface area contributed by atoms with Crippen molar-refractivity contribution < 1.29 is 26.7 Å². The SMILES string of the molecule is CCCCCCCCC(=Nc1ccc(CC)c(CC)c1)C(CCCCC)=Nc1ccc(CC)c(CC)c1.CCCCCc1cc([O-])c2c([O-])cc(C)cc2c1.[Ni+2]. The Hall–Kier alpha value is -3.43. The first-order valence-electron chi connectivity index (χ1n) is 22.0. The van der Waals surface area contributed by atoms with E-state index in [0.717, 1.165) is 79.3 Å². The standard InChI is InChI=1S/C35H54N2.C16H20O2.Ni/c1-7-13-15-16-17-19-21-35(37-33-25-23-29(10-4)31(12-6)27-33)34(20-18-14-8-2)36-32-24-22-28(9-3)30(11-5)26-32;1-3-4-5-6-12-9-13-7-11(2)8-14(17)16(13)15(18)10-12;/h22-27H,7-21H2,1-6H3;7-10,17-18H,3-6H2,1-2H3;/q;;+2/p-2. The summed E-state index contributed by atoms with van der Waals surface area (Å²) >= 11 is 0. The normalized spacial score (nSPS) is 11.7. The van der Waals surface area contributed by atoms with Crippen molar-refractivity contribution in [2.45, 2.75) is 177 Å². The first-order chi connectivity index (χ1) is 26.7. The quantitative estimate of drug-likeness (QED) is 0.0451. The van der Waals surface area contributed by atoms with Crippen molar-refractivity contribution in [2.75, 3.05) is 0 Å². The van der Waals surface area contributed by atoms with Gasteiger partial charge in [-0.3, -0.25) is 9.98 Å². The Balaban J connectivity index is 0.000000475. The number of aliphatic imine (C=N–C) groups is 2. The van der Waals surface area contributed by atoms with Crippen LogP contribution in [-0.2, 0) is 48.6 Å². The second-order valence-corrected chi connectivity index (χ2v) is 15.3. The molecule has 0 aromatic heterocycles. The molecule has 0 heterocycles. The second-order valence-electron chi connectivity index (χ2n) is 15.3. The fourth-order valence-corrected chi connectivity index (χ4v) is 7.53. The van der Waals surface area contributed by atoms with Gasteiger partial charge in [0.25, 0.3) is 0 Å². The van der Waals surface area contributed by atoms with Gasteiger partial charge in [0.1, 0.15) is 0 Å². The zero-order valence-electron chi connectivity index (χ0n) is 36.2. The Kier molecular flexibility index (Phi) is 23.7. The predicted octanol–water partition coefficient (Wildman–Crippen LogP) is 14.1. The van der Waals surface area contributed by atoms with Gasteiger partial charge in [-0.2, -0.15) is 0 Å². The van der Waals surface area contributed by atoms with Gasteiger partial charge < -0.3 is 10.2 Å². The van der Waals surface area contributed by atoms with Crippen molar-refractivity contribution in [1.82, 2.24) is 0 Å². The van der Waals surface area contributed by atoms with Gasteiger partial charge in [-0.05, 0) is 134 Å². The number of hydrogen-bond donors (Lipinski definition) is 0. The largest absolute Gasteiger partial charge is 2.00 e. The molecule has 4 rings (SSSR count). The van der Waals surface area contributed by atoms with Gasteiger partial charge in [0.15, 0.2) is 0 Å². The molecule has 0 radical (unpaired) electrons. The van der Waals surface area contributed by atoms with E-state index in [9.17, 15) is 10.2 Å². The molecule has 4 nitrogen and oxygen atoms in total. The van der Waals surface area contributed by atoms with Crippen LogP contribution >= 0.6 is 0 Å². The molecule has 5 heteroatoms. The monoisotopic (exact) mass is 802 g/mol. The molecule has 0 atom stereocenters. The molecule has 4 aromatic rings. The molecule has 308 valence electrons. The molecule has 0 saturated carbocycles. The van der Waals surface area contributed by atoms with Gasteiger partial charge in [0, 0.05) is 0 Å². The van der Waals surface area contributed by atoms with E-state index in [0.29, 0.717) is 5.39 Å². The molecular weight excluding hydrogens is 731 g/mol. The summed E-state index contributed by atoms with van der Waals surface area (Å²) in [5, 5.41) is 24.9. The Morgan fingerprint density at radius 1 is 0.482 bits per heavy atom. The molecule has 0 aliphatic rings. The van der Waals surface area contributed by atoms with Gasteiger partial charge in [0.05, 0.1) is 22.8 Å². The average Bonchev–Trinajstić information content (AvgIpc) is 3.18. The third-order valence-electron chi connectivity index (χ3n) is 10.8. The number of unbranched alkanes of at least 4 members (excludes halogenated alkanes) is 9. The van der Waals surface area contributed by atoms with E-state index in [1.807, 2.05) is 19.1 Å². The summed E-state index contributed by atoms with van der Waals surface area (Å²) < 4.78 is 0. The van der Waals surface area contributed by atoms with Crippen molar-refractivity contribution >= 4 is 33.6 Å². The second kappa shape index (κ2) is 27.3. The fraction of sp³-hybridized carbons (Fsp3) is 0.529. The topological polar surface area (TPSA) is 70.8 Å². The first kappa shape index (κ1) is 48.7. The van der Waals surface area contributed by atoms with Gasteiger partial charge in [0.2, 0.25) is 0 Å². The summed E-state index contributed by atoms with van der Waals surface area (Å²) in [5.74, 6) is -0.292. The van der Waals surface area contributed by atoms with Crippen LogP contribution in [0.25, 0.3) is 10.8 Å². The summed E-state index contributed by atoms with van der Waals surface area (Å²) in [5.41, 5.74) is 12.3. The van der Waals surface area contributed by atoms with E-state index in [2.05, 4.69) is 84.9 Å². The zero-order chi connectivity index (χ0) is 40.0. The van der Waals surface area contributed by atoms with Gasteiger partial charge >= 0.3 is 16.5 Å². The summed E-state index contributed by atoms with van der Waals surface area (Å²) in [6.45, 7) is 17.6. The molecule has 0 N–H and O–H groups in total. The van der Waals surface area contributed by atoms with Crippen molar-refractivity contribution in [3.05, 3.63) is 94.0 Å². The van der Waals surface area contributed by atoms with E-state index in [1.165, 1.54) is 110 Å². The smallest absolute Gasteiger partial charge is 0.872 e. The summed E-state index contributed by atoms with van der Waals surface area (Å²) in [4.78, 5) is 10.6. The number of rotatable bonds is 22. The maximum atomic E-state index is 12.0. The minimum Gasteiger partial charge on any atom is -0.872 e. The van der Waals surface area contributed by atoms with Crippen LogP contribution in [0.15, 0.2) is 70.6 Å². The predicted molar refractivity (Wildman–Crippen MR) is 238 cm³/mol. The van der Waals surface area contributed by atoms with E-state index in [-0.39, 0.29) is 28.0 Å². The van der Waals surface area contributed by atoms with Gasteiger partial charge in [-0.25, -0.2) is 0 Å². The fourth-order valence-electron chi connectivity index (χ4n) is 7.53. The first-order valence-corrected chi connectivity index (χ1v) is 22.0. The van der Waals surface area contributed by atoms with Crippen LogP contribution < -0.4 is 10.2 Å². The number of aryl methyl sites for hydroxylation is 6. The van der Waals surface area contributed by atoms with Crippen LogP contribution in [0.3, 0.4) is 0 Å². The van der Waals surface area contributed by atoms with E-state index >= 15 is 0 Å². The van der Waals surface area contributed by atoms with Gasteiger partial charge in [-0.15, -0.1) is 11.5 Å². The molecule has 0 saturated heterocycles. The minimum absolute atomic E-state index is 0. The molecule has 56 heavy (non-hydrogen) atoms. The molecule has 0 aliphatic heterocycles. The van der Waals surface area contributed by atoms with Crippen LogP contribution in [0.1, 0.15) is 172 Å². The summed E-state index contributed by atoms with van der Waals surface area (Å²) in [7, 11) is 0.